The fraction of sp³-hybridized carbons (Fsp3) is 0.421. The summed E-state index contributed by atoms with van der Waals surface area (Å²) in [6.07, 6.45) is -2.96. The monoisotopic (exact) mass is 484 g/mol. The van der Waals surface area contributed by atoms with Gasteiger partial charge < -0.3 is 30.3 Å². The van der Waals surface area contributed by atoms with Gasteiger partial charge in [-0.2, -0.15) is 10.1 Å². The number of rotatable bonds is 9. The number of ether oxygens (including phenoxy) is 1. The van der Waals surface area contributed by atoms with Crippen molar-refractivity contribution in [2.24, 2.45) is 0 Å². The van der Waals surface area contributed by atoms with Gasteiger partial charge in [0.2, 0.25) is 0 Å². The number of aliphatic carboxylic acids is 1. The third-order valence-corrected chi connectivity index (χ3v) is 6.68. The number of carboxylic acids is 1. The van der Waals surface area contributed by atoms with Crippen LogP contribution in [0.15, 0.2) is 47.4 Å². The highest BCUT2D eigenvalue weighted by Gasteiger charge is 2.54. The van der Waals surface area contributed by atoms with Gasteiger partial charge in [0.15, 0.2) is 6.23 Å². The fourth-order valence-electron chi connectivity index (χ4n) is 3.07. The molecule has 1 aliphatic rings. The average molecular weight is 484 g/mol. The van der Waals surface area contributed by atoms with Crippen molar-refractivity contribution in [3.05, 3.63) is 53.1 Å². The number of hydrogen-bond donors (Lipinski definition) is 5. The molecule has 0 spiro atoms. The van der Waals surface area contributed by atoms with E-state index in [4.69, 9.17) is 19.5 Å². The molecule has 1 saturated heterocycles. The molecule has 13 nitrogen and oxygen atoms in total. The SMILES string of the molecule is CC(NP(=O)(OC[C@H]1O[C@@H](n2ccc(N)nc2=O)[C@H](O)[C@@]1(C)O)Oc1ccccc1)C(=O)O. The van der Waals surface area contributed by atoms with Crippen LogP contribution in [-0.4, -0.2) is 61.3 Å². The second kappa shape index (κ2) is 9.59. The van der Waals surface area contributed by atoms with Crippen LogP contribution < -0.4 is 21.0 Å². The van der Waals surface area contributed by atoms with Crippen molar-refractivity contribution in [1.29, 1.82) is 0 Å². The van der Waals surface area contributed by atoms with Crippen LogP contribution in [-0.2, 0) is 18.6 Å². The van der Waals surface area contributed by atoms with E-state index in [1.165, 1.54) is 38.2 Å². The van der Waals surface area contributed by atoms with Gasteiger partial charge >= 0.3 is 19.4 Å². The Morgan fingerprint density at radius 3 is 2.67 bits per heavy atom. The zero-order valence-electron chi connectivity index (χ0n) is 17.8. The molecule has 0 amide bonds. The Morgan fingerprint density at radius 1 is 1.39 bits per heavy atom. The largest absolute Gasteiger partial charge is 0.480 e. The third kappa shape index (κ3) is 5.58. The maximum Gasteiger partial charge on any atom is 0.459 e. The summed E-state index contributed by atoms with van der Waals surface area (Å²) in [5.74, 6) is -1.19. The minimum absolute atomic E-state index is 0.0343. The summed E-state index contributed by atoms with van der Waals surface area (Å²) in [5, 5.41) is 32.8. The Labute approximate surface area is 188 Å². The van der Waals surface area contributed by atoms with Gasteiger partial charge in [0, 0.05) is 6.20 Å². The fourth-order valence-corrected chi connectivity index (χ4v) is 4.57. The number of para-hydroxylation sites is 1. The summed E-state index contributed by atoms with van der Waals surface area (Å²) in [4.78, 5) is 26.9. The molecule has 6 N–H and O–H groups in total. The highest BCUT2D eigenvalue weighted by atomic mass is 31.2. The highest BCUT2D eigenvalue weighted by molar-refractivity contribution is 7.52. The summed E-state index contributed by atoms with van der Waals surface area (Å²) >= 11 is 0. The van der Waals surface area contributed by atoms with Crippen molar-refractivity contribution in [2.45, 2.75) is 43.9 Å². The number of anilines is 1. The zero-order valence-corrected chi connectivity index (χ0v) is 18.7. The second-order valence-electron chi connectivity index (χ2n) is 7.61. The van der Waals surface area contributed by atoms with Gasteiger partial charge in [0.1, 0.15) is 35.4 Å². The zero-order chi connectivity index (χ0) is 24.4. The first kappa shape index (κ1) is 24.8. The minimum atomic E-state index is -4.29. The lowest BCUT2D eigenvalue weighted by Crippen LogP contribution is -2.47. The molecule has 180 valence electrons. The summed E-state index contributed by atoms with van der Waals surface area (Å²) in [7, 11) is -4.29. The van der Waals surface area contributed by atoms with Crippen LogP contribution in [0, 0.1) is 0 Å². The topological polar surface area (TPSA) is 195 Å². The predicted octanol–water partition coefficient (Wildman–Crippen LogP) is 0.101. The molecule has 0 radical (unpaired) electrons. The molecule has 3 rings (SSSR count). The first-order valence-electron chi connectivity index (χ1n) is 9.83. The standard InChI is InChI=1S/C19H25N4O9P/c1-11(17(25)26)22-33(29,32-12-6-4-3-5-7-12)30-10-13-19(2,28)15(24)16(31-13)23-9-8-14(20)21-18(23)27/h3-9,11,13,15-16,24,28H,10H2,1-2H3,(H,22,29)(H,25,26)(H2,20,21,27)/t11?,13-,15+,16-,19+,33?/m1/s1. The molecule has 0 saturated carbocycles. The van der Waals surface area contributed by atoms with Crippen molar-refractivity contribution < 1.29 is 38.5 Å². The van der Waals surface area contributed by atoms with Crippen LogP contribution in [0.4, 0.5) is 5.82 Å². The highest BCUT2D eigenvalue weighted by Crippen LogP contribution is 2.46. The van der Waals surface area contributed by atoms with Crippen LogP contribution in [0.3, 0.4) is 0 Å². The first-order chi connectivity index (χ1) is 15.4. The Hall–Kier alpha value is -2.80. The van der Waals surface area contributed by atoms with E-state index in [1.54, 1.807) is 18.2 Å². The van der Waals surface area contributed by atoms with E-state index >= 15 is 0 Å². The molecular formula is C19H25N4O9P. The van der Waals surface area contributed by atoms with Crippen molar-refractivity contribution in [3.8, 4) is 5.75 Å². The number of carbonyl (C=O) groups is 1. The molecule has 6 atom stereocenters. The summed E-state index contributed by atoms with van der Waals surface area (Å²) in [6.45, 7) is 1.91. The molecule has 33 heavy (non-hydrogen) atoms. The summed E-state index contributed by atoms with van der Waals surface area (Å²) in [6, 6.07) is 7.93. The number of nitrogen functional groups attached to an aromatic ring is 1. The average Bonchev–Trinajstić information content (AvgIpc) is 2.96. The molecule has 1 aliphatic heterocycles. The van der Waals surface area contributed by atoms with Gasteiger partial charge in [-0.25, -0.2) is 9.36 Å². The summed E-state index contributed by atoms with van der Waals surface area (Å²) < 4.78 is 30.7. The molecule has 14 heteroatoms. The van der Waals surface area contributed by atoms with Crippen molar-refractivity contribution >= 4 is 19.5 Å². The lowest BCUT2D eigenvalue weighted by molar-refractivity contribution is -0.138. The molecule has 0 bridgehead atoms. The number of benzene rings is 1. The number of hydrogen-bond acceptors (Lipinski definition) is 10. The van der Waals surface area contributed by atoms with Gasteiger partial charge in [0.05, 0.1) is 6.61 Å². The number of aliphatic hydroxyl groups excluding tert-OH is 1. The normalized spacial score (nSPS) is 27.6. The lowest BCUT2D eigenvalue weighted by atomic mass is 9.95. The van der Waals surface area contributed by atoms with Crippen molar-refractivity contribution in [3.63, 3.8) is 0 Å². The number of nitrogens with one attached hydrogen (secondary N) is 1. The molecule has 1 aromatic carbocycles. The second-order valence-corrected chi connectivity index (χ2v) is 9.31. The van der Waals surface area contributed by atoms with Gasteiger partial charge in [-0.05, 0) is 32.0 Å². The smallest absolute Gasteiger partial charge is 0.459 e. The van der Waals surface area contributed by atoms with E-state index in [0.29, 0.717) is 0 Å². The molecule has 0 aliphatic carbocycles. The number of nitrogens with two attached hydrogens (primary N) is 1. The first-order valence-corrected chi connectivity index (χ1v) is 11.4. The minimum Gasteiger partial charge on any atom is -0.480 e. The van der Waals surface area contributed by atoms with E-state index in [-0.39, 0.29) is 11.6 Å². The molecule has 2 heterocycles. The summed E-state index contributed by atoms with van der Waals surface area (Å²) in [5.41, 5.74) is 2.71. The number of carboxylic acid groups (broad SMARTS) is 1. The quantitative estimate of drug-likeness (QED) is 0.302. The molecule has 1 fully saturated rings. The van der Waals surface area contributed by atoms with Crippen LogP contribution in [0.2, 0.25) is 0 Å². The van der Waals surface area contributed by atoms with E-state index in [0.717, 1.165) is 4.57 Å². The van der Waals surface area contributed by atoms with E-state index < -0.39 is 56.1 Å². The Morgan fingerprint density at radius 2 is 2.06 bits per heavy atom. The molecule has 2 unspecified atom stereocenters. The van der Waals surface area contributed by atoms with Gasteiger partial charge in [-0.1, -0.05) is 18.2 Å². The number of nitrogens with zero attached hydrogens (tertiary/aromatic N) is 2. The van der Waals surface area contributed by atoms with Crippen LogP contribution >= 0.6 is 7.75 Å². The predicted molar refractivity (Wildman–Crippen MR) is 114 cm³/mol. The third-order valence-electron chi connectivity index (χ3n) is 5.04. The number of aliphatic hydroxyl groups is 2. The number of aromatic nitrogens is 2. The Kier molecular flexibility index (Phi) is 7.22. The van der Waals surface area contributed by atoms with E-state index in [9.17, 15) is 29.5 Å². The Bertz CT molecular complexity index is 1090. The van der Waals surface area contributed by atoms with Crippen LogP contribution in [0.25, 0.3) is 0 Å². The Balaban J connectivity index is 1.80. The van der Waals surface area contributed by atoms with E-state index in [2.05, 4.69) is 10.1 Å². The van der Waals surface area contributed by atoms with Gasteiger partial charge in [-0.3, -0.25) is 13.9 Å². The van der Waals surface area contributed by atoms with Crippen LogP contribution in [0.1, 0.15) is 20.1 Å². The van der Waals surface area contributed by atoms with Gasteiger partial charge in [-0.15, -0.1) is 0 Å². The maximum absolute atomic E-state index is 13.3. The molecule has 1 aromatic heterocycles. The van der Waals surface area contributed by atoms with Crippen molar-refractivity contribution in [1.82, 2.24) is 14.6 Å². The molecular weight excluding hydrogens is 459 g/mol. The van der Waals surface area contributed by atoms with E-state index in [1.807, 2.05) is 0 Å². The van der Waals surface area contributed by atoms with Gasteiger partial charge in [0.25, 0.3) is 0 Å². The van der Waals surface area contributed by atoms with Crippen molar-refractivity contribution in [2.75, 3.05) is 12.3 Å². The molecule has 2 aromatic rings. The lowest BCUT2D eigenvalue weighted by Gasteiger charge is -2.28. The van der Waals surface area contributed by atoms with Crippen LogP contribution in [0.5, 0.6) is 5.75 Å². The maximum atomic E-state index is 13.3.